The van der Waals surface area contributed by atoms with Gasteiger partial charge in [0.1, 0.15) is 6.10 Å². The number of nitrogens with zero attached hydrogens (tertiary/aromatic N) is 1. The normalized spacial score (nSPS) is 40.0. The van der Waals surface area contributed by atoms with Gasteiger partial charge in [-0.3, -0.25) is 9.59 Å². The molecular formula is C38H69N3O4. The third-order valence-corrected chi connectivity index (χ3v) is 14.2. The van der Waals surface area contributed by atoms with Gasteiger partial charge in [-0.05, 0) is 137 Å². The van der Waals surface area contributed by atoms with Crippen molar-refractivity contribution >= 4 is 11.9 Å². The van der Waals surface area contributed by atoms with Crippen LogP contribution in [0.3, 0.4) is 0 Å². The van der Waals surface area contributed by atoms with Crippen LogP contribution in [0.1, 0.15) is 126 Å². The van der Waals surface area contributed by atoms with E-state index in [1.54, 1.807) is 6.92 Å². The molecule has 0 bridgehead atoms. The lowest BCUT2D eigenvalue weighted by atomic mass is 9.37. The number of hydrogen-bond acceptors (Lipinski definition) is 6. The van der Waals surface area contributed by atoms with Gasteiger partial charge < -0.3 is 25.8 Å². The number of carbonyl (C=O) groups excluding carboxylic acids is 2. The number of fused-ring (bicyclic) bond motifs is 5. The van der Waals surface area contributed by atoms with E-state index in [1.165, 1.54) is 6.42 Å². The van der Waals surface area contributed by atoms with E-state index < -0.39 is 0 Å². The van der Waals surface area contributed by atoms with Crippen molar-refractivity contribution in [3.05, 3.63) is 0 Å². The Morgan fingerprint density at radius 1 is 0.978 bits per heavy atom. The molecule has 7 heteroatoms. The van der Waals surface area contributed by atoms with Crippen LogP contribution in [0.2, 0.25) is 0 Å². The van der Waals surface area contributed by atoms with Crippen molar-refractivity contribution < 1.29 is 19.4 Å². The van der Waals surface area contributed by atoms with Crippen LogP contribution in [0.15, 0.2) is 0 Å². The highest BCUT2D eigenvalue weighted by atomic mass is 16.5. The first kappa shape index (κ1) is 36.7. The second kappa shape index (κ2) is 14.9. The third kappa shape index (κ3) is 7.31. The van der Waals surface area contributed by atoms with Gasteiger partial charge in [-0.25, -0.2) is 0 Å². The van der Waals surface area contributed by atoms with Crippen LogP contribution in [0.5, 0.6) is 0 Å². The van der Waals surface area contributed by atoms with Gasteiger partial charge in [0.15, 0.2) is 0 Å². The van der Waals surface area contributed by atoms with Crippen molar-refractivity contribution in [3.63, 3.8) is 0 Å². The first-order valence-corrected chi connectivity index (χ1v) is 18.7. The van der Waals surface area contributed by atoms with Crippen molar-refractivity contribution in [1.29, 1.82) is 0 Å². The molecule has 45 heavy (non-hydrogen) atoms. The minimum atomic E-state index is -0.221. The number of aliphatic hydroxyl groups is 1. The average molecular weight is 632 g/mol. The minimum Gasteiger partial charge on any atom is -0.462 e. The van der Waals surface area contributed by atoms with E-state index in [2.05, 4.69) is 58.8 Å². The molecule has 3 unspecified atom stereocenters. The molecule has 4 rings (SSSR count). The molecule has 0 saturated heterocycles. The molecule has 11 atom stereocenters. The Labute approximate surface area is 275 Å². The van der Waals surface area contributed by atoms with Crippen LogP contribution in [0.25, 0.3) is 0 Å². The van der Waals surface area contributed by atoms with E-state index in [-0.39, 0.29) is 52.2 Å². The summed E-state index contributed by atoms with van der Waals surface area (Å²) in [5, 5.41) is 14.2. The summed E-state index contributed by atoms with van der Waals surface area (Å²) in [6.45, 7) is 19.2. The maximum absolute atomic E-state index is 14.2. The fourth-order valence-electron chi connectivity index (χ4n) is 11.7. The van der Waals surface area contributed by atoms with Gasteiger partial charge in [-0.1, -0.05) is 54.4 Å². The van der Waals surface area contributed by atoms with Crippen LogP contribution < -0.4 is 11.1 Å². The molecule has 0 spiro atoms. The summed E-state index contributed by atoms with van der Waals surface area (Å²) in [5.74, 6) is 2.28. The first-order chi connectivity index (χ1) is 21.2. The third-order valence-electron chi connectivity index (χ3n) is 14.2. The van der Waals surface area contributed by atoms with E-state index in [1.807, 2.05) is 0 Å². The van der Waals surface area contributed by atoms with Crippen molar-refractivity contribution in [2.24, 2.45) is 63.4 Å². The molecule has 4 aliphatic carbocycles. The highest BCUT2D eigenvalue weighted by molar-refractivity contribution is 5.79. The number of ether oxygens (including phenoxy) is 1. The molecule has 1 amide bonds. The molecule has 0 aliphatic heterocycles. The Hall–Kier alpha value is -1.18. The lowest BCUT2D eigenvalue weighted by Crippen LogP contribution is -2.62. The minimum absolute atomic E-state index is 0.00371. The summed E-state index contributed by atoms with van der Waals surface area (Å²) in [6.07, 6.45) is 11.9. The zero-order valence-electron chi connectivity index (χ0n) is 30.2. The Morgan fingerprint density at radius 3 is 2.36 bits per heavy atom. The second-order valence-electron chi connectivity index (χ2n) is 17.1. The SMILES string of the molecule is CC(=O)O[C@H]1C[C@@]2(C)C(CCC3[C@@]4(C)CC[C@@H](O)[C@@H](C)C4CC[C@@]32C)[C@@H]1[C@H](CCCC(C)C)C(=O)NCCCN(C)CCCN. The van der Waals surface area contributed by atoms with Gasteiger partial charge in [0, 0.05) is 25.3 Å². The Kier molecular flexibility index (Phi) is 12.2. The Balaban J connectivity index is 1.60. The number of hydrogen-bond donors (Lipinski definition) is 3. The summed E-state index contributed by atoms with van der Waals surface area (Å²) < 4.78 is 6.25. The number of nitrogens with two attached hydrogens (primary N) is 1. The molecule has 0 radical (unpaired) electrons. The number of amides is 1. The van der Waals surface area contributed by atoms with E-state index in [0.29, 0.717) is 42.7 Å². The monoisotopic (exact) mass is 632 g/mol. The van der Waals surface area contributed by atoms with E-state index in [4.69, 9.17) is 10.5 Å². The predicted octanol–water partition coefficient (Wildman–Crippen LogP) is 6.41. The lowest BCUT2D eigenvalue weighted by molar-refractivity contribution is -0.203. The Morgan fingerprint density at radius 2 is 1.69 bits per heavy atom. The van der Waals surface area contributed by atoms with Crippen LogP contribution in [-0.4, -0.2) is 67.3 Å². The highest BCUT2D eigenvalue weighted by Crippen LogP contribution is 2.74. The molecule has 260 valence electrons. The fourth-order valence-corrected chi connectivity index (χ4v) is 11.7. The quantitative estimate of drug-likeness (QED) is 0.151. The summed E-state index contributed by atoms with van der Waals surface area (Å²) in [7, 11) is 2.12. The van der Waals surface area contributed by atoms with Gasteiger partial charge in [0.25, 0.3) is 0 Å². The van der Waals surface area contributed by atoms with Gasteiger partial charge >= 0.3 is 5.97 Å². The molecular weight excluding hydrogens is 562 g/mol. The number of nitrogens with one attached hydrogen (secondary N) is 1. The van der Waals surface area contributed by atoms with E-state index in [0.717, 1.165) is 83.7 Å². The topological polar surface area (TPSA) is 105 Å². The van der Waals surface area contributed by atoms with Gasteiger partial charge in [0.2, 0.25) is 5.91 Å². The van der Waals surface area contributed by atoms with E-state index >= 15 is 0 Å². The molecule has 4 saturated carbocycles. The zero-order chi connectivity index (χ0) is 33.2. The summed E-state index contributed by atoms with van der Waals surface area (Å²) in [5.41, 5.74) is 6.02. The number of esters is 1. The molecule has 7 nitrogen and oxygen atoms in total. The average Bonchev–Trinajstić information content (AvgIpc) is 3.25. The maximum atomic E-state index is 14.2. The Bertz CT molecular complexity index is 1010. The fraction of sp³-hybridized carbons (Fsp3) is 0.947. The van der Waals surface area contributed by atoms with Crippen LogP contribution >= 0.6 is 0 Å². The maximum Gasteiger partial charge on any atom is 0.302 e. The smallest absolute Gasteiger partial charge is 0.302 e. The van der Waals surface area contributed by atoms with Crippen LogP contribution in [0.4, 0.5) is 0 Å². The number of carbonyl (C=O) groups is 2. The molecule has 0 heterocycles. The summed E-state index contributed by atoms with van der Waals surface area (Å²) in [4.78, 5) is 29.1. The van der Waals surface area contributed by atoms with Gasteiger partial charge in [0.05, 0.1) is 6.10 Å². The highest BCUT2D eigenvalue weighted by Gasteiger charge is 2.70. The van der Waals surface area contributed by atoms with E-state index in [9.17, 15) is 14.7 Å². The number of rotatable bonds is 14. The molecule has 0 aromatic carbocycles. The van der Waals surface area contributed by atoms with Crippen LogP contribution in [0, 0.1) is 57.7 Å². The first-order valence-electron chi connectivity index (χ1n) is 18.7. The summed E-state index contributed by atoms with van der Waals surface area (Å²) in [6, 6.07) is 0. The van der Waals surface area contributed by atoms with Crippen molar-refractivity contribution in [2.45, 2.75) is 138 Å². The van der Waals surface area contributed by atoms with Crippen molar-refractivity contribution in [2.75, 3.05) is 33.2 Å². The lowest BCUT2D eigenvalue weighted by Gasteiger charge is -2.68. The molecule has 0 aromatic heterocycles. The van der Waals surface area contributed by atoms with Gasteiger partial charge in [-0.15, -0.1) is 0 Å². The predicted molar refractivity (Wildman–Crippen MR) is 182 cm³/mol. The zero-order valence-corrected chi connectivity index (χ0v) is 30.2. The standard InChI is InChI=1S/C38H69N3O4/c1-25(2)12-9-13-28(35(44)40-21-11-23-41(8)22-10-20-39)34-30-14-15-33-36(5)18-17-31(43)26(3)29(36)16-19-37(33,6)38(30,7)24-32(34)45-27(4)42/h25-26,28-34,43H,9-24,39H2,1-8H3,(H,40,44)/t26-,28-,29?,30?,31+,32-,33?,34-,36-,37-,38-/m0/s1. The number of aliphatic hydroxyl groups excluding tert-OH is 1. The van der Waals surface area contributed by atoms with Crippen molar-refractivity contribution in [1.82, 2.24) is 10.2 Å². The summed E-state index contributed by atoms with van der Waals surface area (Å²) >= 11 is 0. The second-order valence-corrected chi connectivity index (χ2v) is 17.1. The molecule has 4 fully saturated rings. The van der Waals surface area contributed by atoms with Crippen molar-refractivity contribution in [3.8, 4) is 0 Å². The largest absolute Gasteiger partial charge is 0.462 e. The molecule has 0 aromatic rings. The van der Waals surface area contributed by atoms with Gasteiger partial charge in [-0.2, -0.15) is 0 Å². The van der Waals surface area contributed by atoms with Crippen LogP contribution in [-0.2, 0) is 14.3 Å². The molecule has 4 aliphatic rings. The molecule has 4 N–H and O–H groups in total.